The highest BCUT2D eigenvalue weighted by atomic mass is 16.7. The first-order chi connectivity index (χ1) is 8.40. The fourth-order valence-corrected chi connectivity index (χ4v) is 1.22. The summed E-state index contributed by atoms with van der Waals surface area (Å²) in [7, 11) is 0. The number of carboxylic acids is 1. The fraction of sp³-hybridized carbons (Fsp3) is 0.200. The number of amides is 1. The van der Waals surface area contributed by atoms with Crippen LogP contribution in [0.5, 0.6) is 0 Å². The van der Waals surface area contributed by atoms with Gasteiger partial charge in [-0.15, -0.1) is 0 Å². The summed E-state index contributed by atoms with van der Waals surface area (Å²) < 4.78 is 0. The van der Waals surface area contributed by atoms with E-state index in [4.69, 9.17) is 5.11 Å². The van der Waals surface area contributed by atoms with Gasteiger partial charge in [0.25, 0.3) is 11.6 Å². The van der Waals surface area contributed by atoms with Crippen molar-refractivity contribution in [3.63, 3.8) is 0 Å². The highest BCUT2D eigenvalue weighted by Gasteiger charge is 2.13. The Labute approximate surface area is 101 Å². The normalized spacial score (nSPS) is 9.83. The van der Waals surface area contributed by atoms with E-state index >= 15 is 0 Å². The summed E-state index contributed by atoms with van der Waals surface area (Å²) in [6, 6.07) is 3.81. The van der Waals surface area contributed by atoms with E-state index in [9.17, 15) is 19.7 Å². The van der Waals surface area contributed by atoms with Crippen molar-refractivity contribution in [1.29, 1.82) is 0 Å². The lowest BCUT2D eigenvalue weighted by Crippen LogP contribution is -2.26. The monoisotopic (exact) mass is 254 g/mol. The number of nitro benzene ring substituents is 1. The first kappa shape index (κ1) is 13.6. The number of rotatable bonds is 5. The van der Waals surface area contributed by atoms with Crippen LogP contribution in [0.25, 0.3) is 0 Å². The van der Waals surface area contributed by atoms with Gasteiger partial charge in [0.2, 0.25) is 0 Å². The number of benzene rings is 1. The molecule has 0 bridgehead atoms. The summed E-state index contributed by atoms with van der Waals surface area (Å²) >= 11 is 0. The molecule has 0 unspecified atom stereocenters. The molecule has 0 saturated heterocycles. The maximum absolute atomic E-state index is 11.5. The first-order valence-electron chi connectivity index (χ1n) is 4.80. The van der Waals surface area contributed by atoms with Gasteiger partial charge in [0.15, 0.2) is 6.61 Å². The lowest BCUT2D eigenvalue weighted by Gasteiger charge is -2.04. The summed E-state index contributed by atoms with van der Waals surface area (Å²) in [6.07, 6.45) is 0. The van der Waals surface area contributed by atoms with Crippen molar-refractivity contribution in [2.24, 2.45) is 0 Å². The van der Waals surface area contributed by atoms with E-state index in [0.29, 0.717) is 5.56 Å². The molecular weight excluding hydrogens is 244 g/mol. The Bertz CT molecular complexity index is 499. The standard InChI is InChI=1S/C10H10N2O6/c1-6-2-7(4-8(3-6)12(16)17)10(15)11-18-5-9(13)14/h2-4H,5H2,1H3,(H,11,15)(H,13,14). The number of hydrogen-bond donors (Lipinski definition) is 2. The third kappa shape index (κ3) is 3.83. The van der Waals surface area contributed by atoms with Crippen molar-refractivity contribution < 1.29 is 24.5 Å². The Morgan fingerprint density at radius 3 is 2.67 bits per heavy atom. The van der Waals surface area contributed by atoms with E-state index in [-0.39, 0.29) is 11.3 Å². The zero-order valence-electron chi connectivity index (χ0n) is 9.37. The molecule has 96 valence electrons. The number of hydroxylamine groups is 1. The average Bonchev–Trinajstić information content (AvgIpc) is 2.27. The second-order valence-electron chi connectivity index (χ2n) is 3.43. The summed E-state index contributed by atoms with van der Waals surface area (Å²) in [4.78, 5) is 36.0. The molecular formula is C10H10N2O6. The quantitative estimate of drug-likeness (QED) is 0.588. The third-order valence-electron chi connectivity index (χ3n) is 1.90. The molecule has 0 saturated carbocycles. The molecule has 0 aliphatic heterocycles. The van der Waals surface area contributed by atoms with Crippen molar-refractivity contribution >= 4 is 17.6 Å². The maximum atomic E-state index is 11.5. The first-order valence-corrected chi connectivity index (χ1v) is 4.80. The lowest BCUT2D eigenvalue weighted by atomic mass is 10.1. The third-order valence-corrected chi connectivity index (χ3v) is 1.90. The van der Waals surface area contributed by atoms with Crippen LogP contribution < -0.4 is 5.48 Å². The molecule has 0 atom stereocenters. The number of nitro groups is 1. The molecule has 0 aliphatic carbocycles. The summed E-state index contributed by atoms with van der Waals surface area (Å²) in [5.41, 5.74) is 2.21. The van der Waals surface area contributed by atoms with E-state index in [1.807, 2.05) is 5.48 Å². The van der Waals surface area contributed by atoms with Crippen LogP contribution in [0.2, 0.25) is 0 Å². The van der Waals surface area contributed by atoms with Gasteiger partial charge >= 0.3 is 5.97 Å². The van der Waals surface area contributed by atoms with Crippen molar-refractivity contribution in [1.82, 2.24) is 5.48 Å². The predicted octanol–water partition coefficient (Wildman–Crippen LogP) is 0.649. The minimum atomic E-state index is -1.24. The van der Waals surface area contributed by atoms with Gasteiger partial charge in [-0.05, 0) is 18.6 Å². The van der Waals surface area contributed by atoms with Crippen LogP contribution >= 0.6 is 0 Å². The Balaban J connectivity index is 2.79. The highest BCUT2D eigenvalue weighted by molar-refractivity contribution is 5.94. The van der Waals surface area contributed by atoms with Crippen LogP contribution in [0.3, 0.4) is 0 Å². The second kappa shape index (κ2) is 5.73. The van der Waals surface area contributed by atoms with Crippen LogP contribution in [-0.4, -0.2) is 28.5 Å². The SMILES string of the molecule is Cc1cc(C(=O)NOCC(=O)O)cc([N+](=O)[O-])c1. The Morgan fingerprint density at radius 2 is 2.11 bits per heavy atom. The minimum absolute atomic E-state index is 0.0205. The summed E-state index contributed by atoms with van der Waals surface area (Å²) in [6.45, 7) is 0.904. The number of nitrogens with zero attached hydrogens (tertiary/aromatic N) is 1. The molecule has 0 aromatic heterocycles. The zero-order valence-corrected chi connectivity index (χ0v) is 9.37. The molecule has 2 N–H and O–H groups in total. The minimum Gasteiger partial charge on any atom is -0.479 e. The highest BCUT2D eigenvalue weighted by Crippen LogP contribution is 2.16. The van der Waals surface area contributed by atoms with Crippen LogP contribution in [-0.2, 0) is 9.63 Å². The van der Waals surface area contributed by atoms with Crippen LogP contribution in [0, 0.1) is 17.0 Å². The average molecular weight is 254 g/mol. The van der Waals surface area contributed by atoms with E-state index in [1.165, 1.54) is 12.1 Å². The van der Waals surface area contributed by atoms with Crippen molar-refractivity contribution in [2.45, 2.75) is 6.92 Å². The van der Waals surface area contributed by atoms with E-state index in [1.54, 1.807) is 6.92 Å². The van der Waals surface area contributed by atoms with Gasteiger partial charge < -0.3 is 5.11 Å². The van der Waals surface area contributed by atoms with Crippen molar-refractivity contribution in [3.05, 3.63) is 39.4 Å². The molecule has 1 rings (SSSR count). The molecule has 1 aromatic carbocycles. The second-order valence-corrected chi connectivity index (χ2v) is 3.43. The van der Waals surface area contributed by atoms with E-state index < -0.39 is 23.4 Å². The Hall–Kier alpha value is -2.48. The molecule has 1 aromatic rings. The smallest absolute Gasteiger partial charge is 0.332 e. The number of carbonyl (C=O) groups excluding carboxylic acids is 1. The number of aryl methyl sites for hydroxylation is 1. The Kier molecular flexibility index (Phi) is 4.33. The lowest BCUT2D eigenvalue weighted by molar-refractivity contribution is -0.384. The number of aliphatic carboxylic acids is 1. The van der Waals surface area contributed by atoms with E-state index in [2.05, 4.69) is 4.84 Å². The maximum Gasteiger partial charge on any atom is 0.332 e. The van der Waals surface area contributed by atoms with Gasteiger partial charge in [0, 0.05) is 17.7 Å². The molecule has 8 nitrogen and oxygen atoms in total. The molecule has 0 spiro atoms. The van der Waals surface area contributed by atoms with Gasteiger partial charge in [-0.25, -0.2) is 10.3 Å². The number of non-ortho nitro benzene ring substituents is 1. The molecule has 8 heteroatoms. The topological polar surface area (TPSA) is 119 Å². The molecule has 0 radical (unpaired) electrons. The van der Waals surface area contributed by atoms with Gasteiger partial charge in [-0.1, -0.05) is 0 Å². The van der Waals surface area contributed by atoms with Gasteiger partial charge in [-0.2, -0.15) is 0 Å². The number of carbonyl (C=O) groups is 2. The van der Waals surface area contributed by atoms with Crippen molar-refractivity contribution in [2.75, 3.05) is 6.61 Å². The molecule has 0 fully saturated rings. The van der Waals surface area contributed by atoms with Crippen LogP contribution in [0.1, 0.15) is 15.9 Å². The fourth-order valence-electron chi connectivity index (χ4n) is 1.22. The molecule has 0 aliphatic rings. The Morgan fingerprint density at radius 1 is 1.44 bits per heavy atom. The molecule has 18 heavy (non-hydrogen) atoms. The largest absolute Gasteiger partial charge is 0.479 e. The summed E-state index contributed by atoms with van der Waals surface area (Å²) in [5, 5.41) is 18.9. The van der Waals surface area contributed by atoms with Crippen LogP contribution in [0.15, 0.2) is 18.2 Å². The van der Waals surface area contributed by atoms with E-state index in [0.717, 1.165) is 6.07 Å². The van der Waals surface area contributed by atoms with Gasteiger partial charge in [0.05, 0.1) is 4.92 Å². The number of carboxylic acid groups (broad SMARTS) is 1. The van der Waals surface area contributed by atoms with Crippen LogP contribution in [0.4, 0.5) is 5.69 Å². The predicted molar refractivity (Wildman–Crippen MR) is 58.9 cm³/mol. The van der Waals surface area contributed by atoms with Gasteiger partial charge in [0.1, 0.15) is 0 Å². The number of nitrogens with one attached hydrogen (secondary N) is 1. The zero-order chi connectivity index (χ0) is 13.7. The summed E-state index contributed by atoms with van der Waals surface area (Å²) in [5.74, 6) is -1.99. The van der Waals surface area contributed by atoms with Gasteiger partial charge in [-0.3, -0.25) is 19.7 Å². The number of hydrogen-bond acceptors (Lipinski definition) is 5. The molecule has 0 heterocycles. The molecule has 1 amide bonds. The van der Waals surface area contributed by atoms with Crippen molar-refractivity contribution in [3.8, 4) is 0 Å².